The third-order valence-corrected chi connectivity index (χ3v) is 7.32. The van der Waals surface area contributed by atoms with Gasteiger partial charge in [-0.05, 0) is 67.5 Å². The number of anilines is 1. The molecule has 4 aliphatic rings. The van der Waals surface area contributed by atoms with Gasteiger partial charge in [0.1, 0.15) is 35.4 Å². The quantitative estimate of drug-likeness (QED) is 0.358. The number of carbonyl (C=O) groups excluding carboxylic acids is 2. The highest BCUT2D eigenvalue weighted by Crippen LogP contribution is 2.45. The van der Waals surface area contributed by atoms with Gasteiger partial charge in [0.05, 0.1) is 5.69 Å². The molecule has 9 nitrogen and oxygen atoms in total. The second-order valence-corrected chi connectivity index (χ2v) is 9.91. The molecule has 3 saturated heterocycles. The van der Waals surface area contributed by atoms with Crippen LogP contribution in [0.2, 0.25) is 0 Å². The van der Waals surface area contributed by atoms with Crippen LogP contribution < -0.4 is 15.0 Å². The van der Waals surface area contributed by atoms with E-state index < -0.39 is 42.2 Å². The fourth-order valence-corrected chi connectivity index (χ4v) is 5.48. The minimum absolute atomic E-state index is 0.0421. The van der Waals surface area contributed by atoms with Crippen molar-refractivity contribution in [1.82, 2.24) is 5.32 Å². The first-order chi connectivity index (χ1) is 17.9. The molecule has 4 atom stereocenters. The molecule has 10 heteroatoms. The Morgan fingerprint density at radius 2 is 1.70 bits per heavy atom. The van der Waals surface area contributed by atoms with E-state index in [2.05, 4.69) is 5.32 Å². The monoisotopic (exact) mass is 522 g/mol. The number of rotatable bonds is 4. The maximum absolute atomic E-state index is 13.4. The van der Waals surface area contributed by atoms with Gasteiger partial charge < -0.3 is 24.1 Å². The molecule has 1 saturated carbocycles. The van der Waals surface area contributed by atoms with Gasteiger partial charge in [-0.15, -0.1) is 0 Å². The molecule has 0 radical (unpaired) electrons. The molecule has 2 unspecified atom stereocenters. The van der Waals surface area contributed by atoms with Crippen LogP contribution in [0.1, 0.15) is 32.1 Å². The molecule has 37 heavy (non-hydrogen) atoms. The molecule has 192 valence electrons. The number of benzene rings is 2. The zero-order chi connectivity index (χ0) is 25.6. The first-order valence-corrected chi connectivity index (χ1v) is 12.8. The first kappa shape index (κ1) is 24.2. The molecular formula is C27H26N2O7S. The van der Waals surface area contributed by atoms with Crippen molar-refractivity contribution < 1.29 is 33.6 Å². The minimum atomic E-state index is -1.09. The number of nitrogens with zero attached hydrogens (tertiary/aromatic N) is 1. The van der Waals surface area contributed by atoms with Gasteiger partial charge in [0, 0.05) is 12.8 Å². The first-order valence-electron chi connectivity index (χ1n) is 12.4. The number of para-hydroxylation sites is 1. The van der Waals surface area contributed by atoms with Gasteiger partial charge in [-0.1, -0.05) is 24.6 Å². The maximum Gasteiger partial charge on any atom is 0.269 e. The largest absolute Gasteiger partial charge is 0.457 e. The Morgan fingerprint density at radius 3 is 2.41 bits per heavy atom. The topological polar surface area (TPSA) is 107 Å². The van der Waals surface area contributed by atoms with Gasteiger partial charge in [0.25, 0.3) is 11.8 Å². The summed E-state index contributed by atoms with van der Waals surface area (Å²) in [5.74, 6) is -0.739. The second-order valence-electron chi connectivity index (χ2n) is 9.52. The number of nitrogens with one attached hydrogen (secondary N) is 1. The van der Waals surface area contributed by atoms with Crippen LogP contribution in [0.25, 0.3) is 0 Å². The molecule has 2 aromatic carbocycles. The Kier molecular flexibility index (Phi) is 6.29. The predicted octanol–water partition coefficient (Wildman–Crippen LogP) is 3.31. The lowest BCUT2D eigenvalue weighted by Gasteiger charge is -2.33. The molecule has 2 aromatic rings. The van der Waals surface area contributed by atoms with Gasteiger partial charge in [-0.25, -0.2) is 0 Å². The van der Waals surface area contributed by atoms with Crippen LogP contribution in [0, 0.1) is 0 Å². The number of aliphatic hydroxyl groups is 1. The number of fused-ring (bicyclic) bond motifs is 1. The van der Waals surface area contributed by atoms with Crippen LogP contribution in [-0.4, -0.2) is 52.4 Å². The molecule has 6 rings (SSSR count). The minimum Gasteiger partial charge on any atom is -0.457 e. The molecule has 2 N–H and O–H groups in total. The molecule has 3 heterocycles. The van der Waals surface area contributed by atoms with Crippen LogP contribution in [-0.2, 0) is 23.8 Å². The predicted molar refractivity (Wildman–Crippen MR) is 136 cm³/mol. The highest BCUT2D eigenvalue weighted by molar-refractivity contribution is 7.80. The number of hydrogen-bond donors (Lipinski definition) is 2. The van der Waals surface area contributed by atoms with Gasteiger partial charge in [-0.2, -0.15) is 0 Å². The Labute approximate surface area is 218 Å². The van der Waals surface area contributed by atoms with Crippen molar-refractivity contribution in [1.29, 1.82) is 0 Å². The van der Waals surface area contributed by atoms with Gasteiger partial charge in [0.15, 0.2) is 17.2 Å². The zero-order valence-electron chi connectivity index (χ0n) is 19.9. The molecule has 1 aliphatic carbocycles. The third kappa shape index (κ3) is 4.55. The van der Waals surface area contributed by atoms with E-state index in [1.807, 2.05) is 30.3 Å². The summed E-state index contributed by atoms with van der Waals surface area (Å²) in [6, 6.07) is 16.1. The van der Waals surface area contributed by atoms with Crippen molar-refractivity contribution in [2.45, 2.75) is 62.5 Å². The number of amides is 2. The number of carbonyl (C=O) groups is 2. The summed E-state index contributed by atoms with van der Waals surface area (Å²) < 4.78 is 23.9. The normalized spacial score (nSPS) is 30.0. The molecule has 1 spiro atoms. The van der Waals surface area contributed by atoms with Gasteiger partial charge in [-0.3, -0.25) is 19.8 Å². The van der Waals surface area contributed by atoms with E-state index in [0.717, 1.165) is 32.1 Å². The van der Waals surface area contributed by atoms with Crippen molar-refractivity contribution in [2.24, 2.45) is 0 Å². The molecule has 3 aliphatic heterocycles. The summed E-state index contributed by atoms with van der Waals surface area (Å²) >= 11 is 5.29. The summed E-state index contributed by atoms with van der Waals surface area (Å²) in [4.78, 5) is 27.3. The number of thiocarbonyl (C=S) groups is 1. The number of ether oxygens (including phenoxy) is 4. The second kappa shape index (κ2) is 9.62. The Hall–Kier alpha value is -3.15. The highest BCUT2D eigenvalue weighted by atomic mass is 32.1. The Bertz CT molecular complexity index is 1240. The van der Waals surface area contributed by atoms with Crippen LogP contribution in [0.15, 0.2) is 66.2 Å². The number of hydrogen-bond acceptors (Lipinski definition) is 8. The lowest BCUT2D eigenvalue weighted by molar-refractivity contribution is -0.241. The van der Waals surface area contributed by atoms with E-state index in [1.165, 1.54) is 11.0 Å². The molecule has 0 bridgehead atoms. The summed E-state index contributed by atoms with van der Waals surface area (Å²) in [5.41, 5.74) is 0.270. The Balaban J connectivity index is 1.18. The standard InChI is InChI=1S/C27H26N2O7S/c30-21-20(34-25-22(21)35-27(36-25)13-5-2-6-14-27)15-19-23(31)28-26(37)29(24(19)32)16-9-11-18(12-10-16)33-17-7-3-1-4-8-17/h1,3-4,7-12,15,20-22,25,30H,2,5-6,13-14H2,(H,28,31,37)/b19-15-/t20-,21+,22?,25?/m1/s1. The number of aliphatic hydroxyl groups excluding tert-OH is 1. The summed E-state index contributed by atoms with van der Waals surface area (Å²) in [7, 11) is 0. The molecular weight excluding hydrogens is 496 g/mol. The lowest BCUT2D eigenvalue weighted by atomic mass is 9.94. The van der Waals surface area contributed by atoms with Crippen LogP contribution in [0.5, 0.6) is 11.5 Å². The van der Waals surface area contributed by atoms with Crippen molar-refractivity contribution in [2.75, 3.05) is 4.90 Å². The smallest absolute Gasteiger partial charge is 0.269 e. The zero-order valence-corrected chi connectivity index (χ0v) is 20.7. The highest BCUT2D eigenvalue weighted by Gasteiger charge is 2.57. The van der Waals surface area contributed by atoms with Gasteiger partial charge >= 0.3 is 0 Å². The van der Waals surface area contributed by atoms with Gasteiger partial charge in [0.2, 0.25) is 0 Å². The van der Waals surface area contributed by atoms with Crippen LogP contribution in [0.3, 0.4) is 0 Å². The molecule has 2 amide bonds. The van der Waals surface area contributed by atoms with E-state index in [1.54, 1.807) is 24.3 Å². The fourth-order valence-electron chi connectivity index (χ4n) is 5.20. The molecule has 4 fully saturated rings. The van der Waals surface area contributed by atoms with E-state index in [4.69, 9.17) is 31.2 Å². The van der Waals surface area contributed by atoms with Crippen molar-refractivity contribution >= 4 is 34.8 Å². The average molecular weight is 523 g/mol. The fraction of sp³-hybridized carbons (Fsp3) is 0.370. The third-order valence-electron chi connectivity index (χ3n) is 7.04. The summed E-state index contributed by atoms with van der Waals surface area (Å²) in [6.07, 6.45) is 2.46. The lowest BCUT2D eigenvalue weighted by Crippen LogP contribution is -2.54. The van der Waals surface area contributed by atoms with E-state index in [9.17, 15) is 14.7 Å². The van der Waals surface area contributed by atoms with Crippen molar-refractivity contribution in [3.05, 3.63) is 66.2 Å². The van der Waals surface area contributed by atoms with E-state index in [-0.39, 0.29) is 10.7 Å². The van der Waals surface area contributed by atoms with Crippen LogP contribution in [0.4, 0.5) is 5.69 Å². The van der Waals surface area contributed by atoms with E-state index >= 15 is 0 Å². The SMILES string of the molecule is O=C1NC(=S)N(c2ccc(Oc3ccccc3)cc2)C(=O)/C1=C\[C@H]1OC2OC3(CCCCC3)OC2[C@H]1O. The van der Waals surface area contributed by atoms with E-state index in [0.29, 0.717) is 17.2 Å². The molecule has 0 aromatic heterocycles. The van der Waals surface area contributed by atoms with Crippen molar-refractivity contribution in [3.8, 4) is 11.5 Å². The maximum atomic E-state index is 13.4. The Morgan fingerprint density at radius 1 is 1.00 bits per heavy atom. The average Bonchev–Trinajstić information content (AvgIpc) is 3.37. The van der Waals surface area contributed by atoms with Crippen LogP contribution >= 0.6 is 12.2 Å². The summed E-state index contributed by atoms with van der Waals surface area (Å²) in [5, 5.41) is 13.4. The summed E-state index contributed by atoms with van der Waals surface area (Å²) in [6.45, 7) is 0. The van der Waals surface area contributed by atoms with Crippen molar-refractivity contribution in [3.63, 3.8) is 0 Å².